The van der Waals surface area contributed by atoms with Crippen LogP contribution >= 0.6 is 0 Å². The van der Waals surface area contributed by atoms with Crippen molar-refractivity contribution in [3.05, 3.63) is 35.4 Å². The largest absolute Gasteiger partial charge is 0.309 e. The molecule has 1 atom stereocenters. The number of imide groups is 1. The molecule has 1 fully saturated rings. The maximum Gasteiger partial charge on any atom is 0.235 e. The Bertz CT molecular complexity index is 551. The van der Waals surface area contributed by atoms with Gasteiger partial charge in [-0.1, -0.05) is 45.0 Å². The molecule has 0 bridgehead atoms. The van der Waals surface area contributed by atoms with Crippen molar-refractivity contribution in [2.75, 3.05) is 13.1 Å². The van der Waals surface area contributed by atoms with Crippen molar-refractivity contribution < 1.29 is 9.59 Å². The van der Waals surface area contributed by atoms with Gasteiger partial charge in [0.25, 0.3) is 0 Å². The van der Waals surface area contributed by atoms with Gasteiger partial charge in [0.05, 0.1) is 11.5 Å². The number of nitrogens with one attached hydrogen (secondary N) is 1. The standard InChI is InChI=1S/C17H24N2O2/c1-5-18-14(13-9-7-6-8-12(13)2)11-19-15(20)10-17(3,4)16(19)21/h6-9,14,18H,5,10-11H2,1-4H3. The highest BCUT2D eigenvalue weighted by atomic mass is 16.2. The van der Waals surface area contributed by atoms with Gasteiger partial charge in [0.2, 0.25) is 11.8 Å². The van der Waals surface area contributed by atoms with Crippen LogP contribution in [-0.4, -0.2) is 29.8 Å². The van der Waals surface area contributed by atoms with Gasteiger partial charge >= 0.3 is 0 Å². The molecule has 4 nitrogen and oxygen atoms in total. The molecule has 0 aromatic heterocycles. The van der Waals surface area contributed by atoms with E-state index in [0.29, 0.717) is 13.0 Å². The lowest BCUT2D eigenvalue weighted by atomic mass is 9.92. The highest BCUT2D eigenvalue weighted by Gasteiger charge is 2.45. The Morgan fingerprint density at radius 1 is 1.29 bits per heavy atom. The zero-order valence-electron chi connectivity index (χ0n) is 13.3. The second-order valence-electron chi connectivity index (χ2n) is 6.34. The van der Waals surface area contributed by atoms with E-state index in [1.165, 1.54) is 10.5 Å². The number of amides is 2. The molecule has 0 aliphatic carbocycles. The summed E-state index contributed by atoms with van der Waals surface area (Å²) >= 11 is 0. The van der Waals surface area contributed by atoms with Gasteiger partial charge in [-0.05, 0) is 24.6 Å². The van der Waals surface area contributed by atoms with Gasteiger partial charge in [0.1, 0.15) is 0 Å². The quantitative estimate of drug-likeness (QED) is 0.847. The van der Waals surface area contributed by atoms with E-state index in [1.54, 1.807) is 0 Å². The van der Waals surface area contributed by atoms with E-state index < -0.39 is 5.41 Å². The first kappa shape index (κ1) is 15.7. The van der Waals surface area contributed by atoms with Crippen molar-refractivity contribution in [3.63, 3.8) is 0 Å². The summed E-state index contributed by atoms with van der Waals surface area (Å²) in [4.78, 5) is 25.9. The third-order valence-electron chi connectivity index (χ3n) is 4.10. The highest BCUT2D eigenvalue weighted by Crippen LogP contribution is 2.33. The molecule has 1 unspecified atom stereocenters. The molecular formula is C17H24N2O2. The van der Waals surface area contributed by atoms with Crippen molar-refractivity contribution >= 4 is 11.8 Å². The molecule has 1 aliphatic rings. The van der Waals surface area contributed by atoms with Crippen LogP contribution in [0.2, 0.25) is 0 Å². The van der Waals surface area contributed by atoms with Crippen LogP contribution in [-0.2, 0) is 9.59 Å². The molecule has 1 aliphatic heterocycles. The van der Waals surface area contributed by atoms with E-state index >= 15 is 0 Å². The Labute approximate surface area is 126 Å². The fourth-order valence-corrected chi connectivity index (χ4v) is 2.89. The summed E-state index contributed by atoms with van der Waals surface area (Å²) in [7, 11) is 0. The Hall–Kier alpha value is -1.68. The summed E-state index contributed by atoms with van der Waals surface area (Å²) in [6.07, 6.45) is 0.304. The first-order valence-corrected chi connectivity index (χ1v) is 7.50. The second-order valence-corrected chi connectivity index (χ2v) is 6.34. The number of rotatable bonds is 5. The SMILES string of the molecule is CCNC(CN1C(=O)CC(C)(C)C1=O)c1ccccc1C. The normalized spacial score (nSPS) is 19.1. The van der Waals surface area contributed by atoms with Gasteiger partial charge in [-0.2, -0.15) is 0 Å². The summed E-state index contributed by atoms with van der Waals surface area (Å²) in [5.41, 5.74) is 1.74. The zero-order chi connectivity index (χ0) is 15.6. The number of hydrogen-bond donors (Lipinski definition) is 1. The maximum absolute atomic E-state index is 12.4. The summed E-state index contributed by atoms with van der Waals surface area (Å²) < 4.78 is 0. The second kappa shape index (κ2) is 5.98. The lowest BCUT2D eigenvalue weighted by molar-refractivity contribution is -0.141. The van der Waals surface area contributed by atoms with E-state index in [1.807, 2.05) is 32.9 Å². The summed E-state index contributed by atoms with van der Waals surface area (Å²) in [6, 6.07) is 8.08. The van der Waals surface area contributed by atoms with Gasteiger partial charge < -0.3 is 5.32 Å². The smallest absolute Gasteiger partial charge is 0.235 e. The fourth-order valence-electron chi connectivity index (χ4n) is 2.89. The van der Waals surface area contributed by atoms with E-state index in [9.17, 15) is 9.59 Å². The maximum atomic E-state index is 12.4. The first-order valence-electron chi connectivity index (χ1n) is 7.50. The number of aryl methyl sites for hydroxylation is 1. The van der Waals surface area contributed by atoms with Crippen LogP contribution in [0.25, 0.3) is 0 Å². The van der Waals surface area contributed by atoms with Gasteiger partial charge in [0.15, 0.2) is 0 Å². The molecule has 114 valence electrons. The summed E-state index contributed by atoms with van der Waals surface area (Å²) in [5, 5.41) is 3.39. The number of likely N-dealkylation sites (tertiary alicyclic amines) is 1. The Balaban J connectivity index is 2.24. The van der Waals surface area contributed by atoms with E-state index in [2.05, 4.69) is 24.4 Å². The average molecular weight is 288 g/mol. The molecule has 1 saturated heterocycles. The summed E-state index contributed by atoms with van der Waals surface area (Å²) in [5.74, 6) is -0.134. The van der Waals surface area contributed by atoms with Crippen LogP contribution in [0.1, 0.15) is 44.4 Å². The molecule has 1 N–H and O–H groups in total. The molecular weight excluding hydrogens is 264 g/mol. The predicted molar refractivity (Wildman–Crippen MR) is 82.7 cm³/mol. The molecule has 0 spiro atoms. The molecule has 2 rings (SSSR count). The third kappa shape index (κ3) is 3.16. The number of likely N-dealkylation sites (N-methyl/N-ethyl adjacent to an activating group) is 1. The predicted octanol–water partition coefficient (Wildman–Crippen LogP) is 2.43. The van der Waals surface area contributed by atoms with E-state index in [0.717, 1.165) is 12.1 Å². The minimum Gasteiger partial charge on any atom is -0.309 e. The van der Waals surface area contributed by atoms with Gasteiger partial charge in [-0.3, -0.25) is 14.5 Å². The monoisotopic (exact) mass is 288 g/mol. The van der Waals surface area contributed by atoms with Gasteiger partial charge in [-0.15, -0.1) is 0 Å². The summed E-state index contributed by atoms with van der Waals surface area (Å²) in [6.45, 7) is 8.95. The van der Waals surface area contributed by atoms with Crippen molar-refractivity contribution in [2.45, 2.75) is 40.2 Å². The number of benzene rings is 1. The van der Waals surface area contributed by atoms with E-state index in [-0.39, 0.29) is 17.9 Å². The number of hydrogen-bond acceptors (Lipinski definition) is 3. The lowest BCUT2D eigenvalue weighted by Crippen LogP contribution is -2.40. The minimum atomic E-state index is -0.570. The Morgan fingerprint density at radius 2 is 1.95 bits per heavy atom. The fraction of sp³-hybridized carbons (Fsp3) is 0.529. The van der Waals surface area contributed by atoms with Crippen molar-refractivity contribution in [1.82, 2.24) is 10.2 Å². The van der Waals surface area contributed by atoms with Crippen molar-refractivity contribution in [3.8, 4) is 0 Å². The van der Waals surface area contributed by atoms with Crippen molar-refractivity contribution in [2.24, 2.45) is 5.41 Å². The van der Waals surface area contributed by atoms with Crippen molar-refractivity contribution in [1.29, 1.82) is 0 Å². The van der Waals surface area contributed by atoms with Crippen LogP contribution in [0.5, 0.6) is 0 Å². The molecule has 4 heteroatoms. The molecule has 1 aromatic rings. The van der Waals surface area contributed by atoms with E-state index in [4.69, 9.17) is 0 Å². The van der Waals surface area contributed by atoms with Crippen LogP contribution in [0, 0.1) is 12.3 Å². The van der Waals surface area contributed by atoms with Crippen LogP contribution in [0.3, 0.4) is 0 Å². The van der Waals surface area contributed by atoms with Crippen LogP contribution in [0.4, 0.5) is 0 Å². The molecule has 1 heterocycles. The van der Waals surface area contributed by atoms with Gasteiger partial charge in [0, 0.05) is 13.0 Å². The number of carbonyl (C=O) groups is 2. The molecule has 0 radical (unpaired) electrons. The first-order chi connectivity index (χ1) is 9.86. The Morgan fingerprint density at radius 3 is 2.48 bits per heavy atom. The molecule has 21 heavy (non-hydrogen) atoms. The molecule has 1 aromatic carbocycles. The topological polar surface area (TPSA) is 49.4 Å². The number of carbonyl (C=O) groups excluding carboxylic acids is 2. The minimum absolute atomic E-state index is 0.0157. The zero-order valence-corrected chi connectivity index (χ0v) is 13.3. The van der Waals surface area contributed by atoms with Gasteiger partial charge in [-0.25, -0.2) is 0 Å². The lowest BCUT2D eigenvalue weighted by Gasteiger charge is -2.26. The third-order valence-corrected chi connectivity index (χ3v) is 4.10. The molecule has 2 amide bonds. The van der Waals surface area contributed by atoms with Crippen LogP contribution in [0.15, 0.2) is 24.3 Å². The molecule has 0 saturated carbocycles. The number of nitrogens with zero attached hydrogens (tertiary/aromatic N) is 1. The average Bonchev–Trinajstić information content (AvgIpc) is 2.61. The Kier molecular flexibility index (Phi) is 4.47. The highest BCUT2D eigenvalue weighted by molar-refractivity contribution is 6.05. The van der Waals surface area contributed by atoms with Crippen LogP contribution < -0.4 is 5.32 Å².